The zero-order valence-electron chi connectivity index (χ0n) is 7.67. The summed E-state index contributed by atoms with van der Waals surface area (Å²) >= 11 is 0. The molecule has 1 nitrogen and oxygen atoms in total. The first kappa shape index (κ1) is 7.81. The molecule has 0 spiro atoms. The minimum atomic E-state index is 0.269. The van der Waals surface area contributed by atoms with E-state index in [4.69, 9.17) is 5.73 Å². The molecule has 0 aliphatic heterocycles. The van der Waals surface area contributed by atoms with Crippen LogP contribution >= 0.6 is 0 Å². The molecule has 1 fully saturated rings. The first-order valence-corrected chi connectivity index (χ1v) is 4.46. The Balaban J connectivity index is 2.41. The summed E-state index contributed by atoms with van der Waals surface area (Å²) in [5.41, 5.74) is 8.97. The highest BCUT2D eigenvalue weighted by molar-refractivity contribution is 5.40. The lowest BCUT2D eigenvalue weighted by Crippen LogP contribution is -2.15. The first-order chi connectivity index (χ1) is 5.64. The molecule has 0 saturated heterocycles. The number of hydrogen-bond donors (Lipinski definition) is 1. The quantitative estimate of drug-likeness (QED) is 0.669. The normalized spacial score (nSPS) is 33.4. The zero-order chi connectivity index (χ0) is 8.77. The Bertz CT molecular complexity index is 306. The average molecular weight is 161 g/mol. The Labute approximate surface area is 73.6 Å². The van der Waals surface area contributed by atoms with E-state index in [-0.39, 0.29) is 5.41 Å². The third kappa shape index (κ3) is 0.969. The van der Waals surface area contributed by atoms with E-state index in [0.717, 1.165) is 6.42 Å². The van der Waals surface area contributed by atoms with Gasteiger partial charge in [-0.05, 0) is 24.5 Å². The Morgan fingerprint density at radius 1 is 1.42 bits per heavy atom. The molecule has 2 rings (SSSR count). The summed E-state index contributed by atoms with van der Waals surface area (Å²) in [7, 11) is 0. The van der Waals surface area contributed by atoms with Crippen LogP contribution in [0.1, 0.15) is 24.5 Å². The third-order valence-corrected chi connectivity index (χ3v) is 3.06. The van der Waals surface area contributed by atoms with Crippen LogP contribution in [0.2, 0.25) is 0 Å². The van der Waals surface area contributed by atoms with Gasteiger partial charge in [-0.1, -0.05) is 31.2 Å². The predicted molar refractivity (Wildman–Crippen MR) is 51.1 cm³/mol. The maximum absolute atomic E-state index is 5.90. The molecule has 2 atom stereocenters. The van der Waals surface area contributed by atoms with Crippen LogP contribution in [0.3, 0.4) is 0 Å². The number of hydrogen-bond acceptors (Lipinski definition) is 1. The summed E-state index contributed by atoms with van der Waals surface area (Å²) in [6, 6.07) is 8.90. The third-order valence-electron chi connectivity index (χ3n) is 3.06. The van der Waals surface area contributed by atoms with Crippen molar-refractivity contribution in [3.05, 3.63) is 35.4 Å². The van der Waals surface area contributed by atoms with Crippen molar-refractivity contribution in [1.29, 1.82) is 0 Å². The highest BCUT2D eigenvalue weighted by Crippen LogP contribution is 2.47. The van der Waals surface area contributed by atoms with E-state index >= 15 is 0 Å². The van der Waals surface area contributed by atoms with Crippen LogP contribution in [0, 0.1) is 6.92 Å². The first-order valence-electron chi connectivity index (χ1n) is 4.46. The molecule has 0 bridgehead atoms. The standard InChI is InChI=1S/C11H15N/c1-8-5-3-4-6-9(8)11(2)7-10(11)12/h3-6,10H,7,12H2,1-2H3/t10-,11-/m0/s1. The minimum Gasteiger partial charge on any atom is -0.327 e. The Kier molecular flexibility index (Phi) is 1.52. The van der Waals surface area contributed by atoms with Gasteiger partial charge in [0.25, 0.3) is 0 Å². The molecule has 64 valence electrons. The second-order valence-electron chi connectivity index (χ2n) is 4.04. The molecule has 0 radical (unpaired) electrons. The molecule has 1 aliphatic carbocycles. The van der Waals surface area contributed by atoms with Crippen molar-refractivity contribution in [2.75, 3.05) is 0 Å². The molecule has 0 aromatic heterocycles. The molecule has 1 heteroatoms. The van der Waals surface area contributed by atoms with Gasteiger partial charge in [0, 0.05) is 11.5 Å². The Morgan fingerprint density at radius 3 is 2.50 bits per heavy atom. The second kappa shape index (κ2) is 2.33. The van der Waals surface area contributed by atoms with Crippen LogP contribution < -0.4 is 5.73 Å². The van der Waals surface area contributed by atoms with E-state index < -0.39 is 0 Å². The fraction of sp³-hybridized carbons (Fsp3) is 0.455. The van der Waals surface area contributed by atoms with Crippen LogP contribution in [0.25, 0.3) is 0 Å². The van der Waals surface area contributed by atoms with E-state index in [1.807, 2.05) is 0 Å². The largest absolute Gasteiger partial charge is 0.327 e. The molecule has 1 aromatic carbocycles. The minimum absolute atomic E-state index is 0.269. The van der Waals surface area contributed by atoms with Crippen molar-refractivity contribution in [3.63, 3.8) is 0 Å². The second-order valence-corrected chi connectivity index (χ2v) is 4.04. The van der Waals surface area contributed by atoms with Gasteiger partial charge in [-0.3, -0.25) is 0 Å². The van der Waals surface area contributed by atoms with Gasteiger partial charge in [0.05, 0.1) is 0 Å². The van der Waals surface area contributed by atoms with Gasteiger partial charge in [0.2, 0.25) is 0 Å². The molecule has 0 unspecified atom stereocenters. The molecule has 12 heavy (non-hydrogen) atoms. The highest BCUT2D eigenvalue weighted by Gasteiger charge is 2.49. The van der Waals surface area contributed by atoms with Crippen LogP contribution in [-0.4, -0.2) is 6.04 Å². The van der Waals surface area contributed by atoms with Crippen molar-refractivity contribution in [3.8, 4) is 0 Å². The number of benzene rings is 1. The average Bonchev–Trinajstić information content (AvgIpc) is 2.61. The summed E-state index contributed by atoms with van der Waals surface area (Å²) < 4.78 is 0. The van der Waals surface area contributed by atoms with E-state index in [0.29, 0.717) is 6.04 Å². The molecule has 1 saturated carbocycles. The molecule has 0 heterocycles. The number of rotatable bonds is 1. The van der Waals surface area contributed by atoms with Gasteiger partial charge in [-0.25, -0.2) is 0 Å². The maximum atomic E-state index is 5.90. The lowest BCUT2D eigenvalue weighted by atomic mass is 9.93. The molecular weight excluding hydrogens is 146 g/mol. The molecule has 2 N–H and O–H groups in total. The van der Waals surface area contributed by atoms with Crippen LogP contribution in [0.5, 0.6) is 0 Å². The predicted octanol–water partition coefficient (Wildman–Crippen LogP) is 1.98. The summed E-state index contributed by atoms with van der Waals surface area (Å²) in [6.07, 6.45) is 1.14. The summed E-state index contributed by atoms with van der Waals surface area (Å²) in [5, 5.41) is 0. The number of aryl methyl sites for hydroxylation is 1. The molecule has 1 aliphatic rings. The lowest BCUT2D eigenvalue weighted by Gasteiger charge is -2.12. The van der Waals surface area contributed by atoms with Crippen molar-refractivity contribution < 1.29 is 0 Å². The van der Waals surface area contributed by atoms with Gasteiger partial charge in [0.15, 0.2) is 0 Å². The zero-order valence-corrected chi connectivity index (χ0v) is 7.67. The van der Waals surface area contributed by atoms with Gasteiger partial charge >= 0.3 is 0 Å². The smallest absolute Gasteiger partial charge is 0.0143 e. The summed E-state index contributed by atoms with van der Waals surface area (Å²) in [4.78, 5) is 0. The van der Waals surface area contributed by atoms with Crippen LogP contribution in [-0.2, 0) is 5.41 Å². The van der Waals surface area contributed by atoms with Crippen molar-refractivity contribution in [2.45, 2.75) is 31.7 Å². The summed E-state index contributed by atoms with van der Waals surface area (Å²) in [5.74, 6) is 0. The monoisotopic (exact) mass is 161 g/mol. The summed E-state index contributed by atoms with van der Waals surface area (Å²) in [6.45, 7) is 4.41. The fourth-order valence-electron chi connectivity index (χ4n) is 1.92. The fourth-order valence-corrected chi connectivity index (χ4v) is 1.92. The van der Waals surface area contributed by atoms with Crippen molar-refractivity contribution in [1.82, 2.24) is 0 Å². The molecule has 0 amide bonds. The lowest BCUT2D eigenvalue weighted by molar-refractivity contribution is 0.735. The Morgan fingerprint density at radius 2 is 2.00 bits per heavy atom. The van der Waals surface area contributed by atoms with Gasteiger partial charge in [0.1, 0.15) is 0 Å². The Hall–Kier alpha value is -0.820. The molecular formula is C11H15N. The number of nitrogens with two attached hydrogens (primary N) is 1. The van der Waals surface area contributed by atoms with Crippen LogP contribution in [0.15, 0.2) is 24.3 Å². The van der Waals surface area contributed by atoms with E-state index in [9.17, 15) is 0 Å². The van der Waals surface area contributed by atoms with Crippen molar-refractivity contribution in [2.24, 2.45) is 5.73 Å². The molecule has 1 aromatic rings. The van der Waals surface area contributed by atoms with Gasteiger partial charge in [-0.15, -0.1) is 0 Å². The van der Waals surface area contributed by atoms with Gasteiger partial charge < -0.3 is 5.73 Å². The van der Waals surface area contributed by atoms with Crippen molar-refractivity contribution >= 4 is 0 Å². The van der Waals surface area contributed by atoms with E-state index in [1.54, 1.807) is 0 Å². The van der Waals surface area contributed by atoms with E-state index in [1.165, 1.54) is 11.1 Å². The van der Waals surface area contributed by atoms with Gasteiger partial charge in [-0.2, -0.15) is 0 Å². The highest BCUT2D eigenvalue weighted by atomic mass is 14.8. The van der Waals surface area contributed by atoms with Crippen LogP contribution in [0.4, 0.5) is 0 Å². The maximum Gasteiger partial charge on any atom is 0.0143 e. The SMILES string of the molecule is Cc1ccccc1[C@]1(C)C[C@@H]1N. The van der Waals surface area contributed by atoms with E-state index in [2.05, 4.69) is 38.1 Å². The topological polar surface area (TPSA) is 26.0 Å².